The largest absolute Gasteiger partial charge is 0.469 e. The summed E-state index contributed by atoms with van der Waals surface area (Å²) in [5, 5.41) is 0. The first-order valence-corrected chi connectivity index (χ1v) is 10.6. The minimum atomic E-state index is -3.42. The Kier molecular flexibility index (Phi) is 4.81. The number of likely N-dealkylation sites (N-methyl/N-ethyl adjacent to an activating group) is 1. The zero-order valence-electron chi connectivity index (χ0n) is 15.1. The highest BCUT2D eigenvalue weighted by molar-refractivity contribution is 7.86. The average molecular weight is 382 g/mol. The fraction of sp³-hybridized carbons (Fsp3) is 0.706. The third-order valence-electron chi connectivity index (χ3n) is 5.68. The van der Waals surface area contributed by atoms with Crippen LogP contribution in [0.4, 0.5) is 0 Å². The highest BCUT2D eigenvalue weighted by Gasteiger charge is 2.48. The van der Waals surface area contributed by atoms with E-state index in [1.54, 1.807) is 10.6 Å². The summed E-state index contributed by atoms with van der Waals surface area (Å²) in [5.74, 6) is 1.18. The Balaban J connectivity index is 1.31. The Morgan fingerprint density at radius 3 is 2.23 bits per heavy atom. The number of carbonyl (C=O) groups is 1. The van der Waals surface area contributed by atoms with Gasteiger partial charge in [0.15, 0.2) is 0 Å². The van der Waals surface area contributed by atoms with Gasteiger partial charge in [-0.05, 0) is 25.6 Å². The van der Waals surface area contributed by atoms with Crippen molar-refractivity contribution in [2.45, 2.75) is 12.3 Å². The molecule has 9 heteroatoms. The van der Waals surface area contributed by atoms with Gasteiger partial charge in [0.1, 0.15) is 5.76 Å². The molecule has 3 aliphatic rings. The maximum atomic E-state index is 12.8. The van der Waals surface area contributed by atoms with Crippen LogP contribution in [0.2, 0.25) is 0 Å². The van der Waals surface area contributed by atoms with E-state index in [-0.39, 0.29) is 17.7 Å². The van der Waals surface area contributed by atoms with Crippen LogP contribution >= 0.6 is 0 Å². The second-order valence-electron chi connectivity index (χ2n) is 7.40. The van der Waals surface area contributed by atoms with Gasteiger partial charge in [0.2, 0.25) is 5.91 Å². The van der Waals surface area contributed by atoms with Crippen molar-refractivity contribution in [3.05, 3.63) is 24.2 Å². The lowest BCUT2D eigenvalue weighted by Gasteiger charge is -2.39. The molecule has 4 rings (SSSR count). The maximum Gasteiger partial charge on any atom is 0.282 e. The van der Waals surface area contributed by atoms with E-state index < -0.39 is 10.2 Å². The summed E-state index contributed by atoms with van der Waals surface area (Å²) in [6, 6.07) is 3.76. The maximum absolute atomic E-state index is 12.8. The molecule has 1 aromatic heterocycles. The molecule has 2 atom stereocenters. The zero-order chi connectivity index (χ0) is 18.3. The molecule has 8 nitrogen and oxygen atoms in total. The van der Waals surface area contributed by atoms with Gasteiger partial charge in [0.25, 0.3) is 10.2 Å². The van der Waals surface area contributed by atoms with E-state index in [4.69, 9.17) is 4.42 Å². The van der Waals surface area contributed by atoms with Gasteiger partial charge < -0.3 is 14.2 Å². The van der Waals surface area contributed by atoms with Crippen molar-refractivity contribution in [2.24, 2.45) is 5.92 Å². The van der Waals surface area contributed by atoms with Crippen LogP contribution < -0.4 is 0 Å². The Morgan fingerprint density at radius 1 is 1.04 bits per heavy atom. The summed E-state index contributed by atoms with van der Waals surface area (Å²) < 4.78 is 34.1. The summed E-state index contributed by atoms with van der Waals surface area (Å²) in [7, 11) is -1.42. The number of amides is 1. The van der Waals surface area contributed by atoms with Crippen LogP contribution in [-0.2, 0) is 15.0 Å². The highest BCUT2D eigenvalue weighted by atomic mass is 32.2. The van der Waals surface area contributed by atoms with Crippen LogP contribution in [0.5, 0.6) is 0 Å². The first-order chi connectivity index (χ1) is 12.5. The standard InChI is InChI=1S/C17H26N4O4S/c1-18-4-8-20(9-5-18)26(23,24)21-10-6-19(7-11-21)17(22)15-13-14(15)16-3-2-12-25-16/h2-3,12,14-15H,4-11,13H2,1H3. The van der Waals surface area contributed by atoms with Gasteiger partial charge >= 0.3 is 0 Å². The summed E-state index contributed by atoms with van der Waals surface area (Å²) in [6.07, 6.45) is 2.46. The molecular weight excluding hydrogens is 356 g/mol. The monoisotopic (exact) mass is 382 g/mol. The average Bonchev–Trinajstić information content (AvgIpc) is 3.26. The number of hydrogen-bond acceptors (Lipinski definition) is 5. The van der Waals surface area contributed by atoms with E-state index in [1.807, 2.05) is 24.1 Å². The Morgan fingerprint density at radius 2 is 1.65 bits per heavy atom. The molecule has 2 saturated heterocycles. The van der Waals surface area contributed by atoms with Crippen molar-refractivity contribution in [3.8, 4) is 0 Å². The second kappa shape index (κ2) is 6.95. The summed E-state index contributed by atoms with van der Waals surface area (Å²) in [5.41, 5.74) is 0. The molecule has 1 amide bonds. The third kappa shape index (κ3) is 3.40. The SMILES string of the molecule is CN1CCN(S(=O)(=O)N2CCN(C(=O)C3CC3c3ccco3)CC2)CC1. The van der Waals surface area contributed by atoms with E-state index in [2.05, 4.69) is 4.90 Å². The number of nitrogens with zero attached hydrogens (tertiary/aromatic N) is 4. The molecule has 3 heterocycles. The van der Waals surface area contributed by atoms with Crippen LogP contribution in [0.1, 0.15) is 18.1 Å². The second-order valence-corrected chi connectivity index (χ2v) is 9.33. The van der Waals surface area contributed by atoms with Gasteiger partial charge in [-0.2, -0.15) is 17.0 Å². The van der Waals surface area contributed by atoms with Crippen LogP contribution in [0.25, 0.3) is 0 Å². The topological polar surface area (TPSA) is 77.3 Å². The molecule has 1 aliphatic carbocycles. The van der Waals surface area contributed by atoms with Gasteiger partial charge in [0, 0.05) is 64.2 Å². The molecule has 0 radical (unpaired) electrons. The fourth-order valence-corrected chi connectivity index (χ4v) is 5.42. The molecule has 1 saturated carbocycles. The molecule has 26 heavy (non-hydrogen) atoms. The predicted molar refractivity (Wildman–Crippen MR) is 95.7 cm³/mol. The minimum absolute atomic E-state index is 0.0121. The molecule has 3 fully saturated rings. The quantitative estimate of drug-likeness (QED) is 0.734. The molecule has 2 unspecified atom stereocenters. The summed E-state index contributed by atoms with van der Waals surface area (Å²) in [6.45, 7) is 4.26. The molecule has 0 aromatic carbocycles. The number of piperazine rings is 2. The summed E-state index contributed by atoms with van der Waals surface area (Å²) >= 11 is 0. The van der Waals surface area contributed by atoms with Crippen molar-refractivity contribution in [1.29, 1.82) is 0 Å². The normalized spacial score (nSPS) is 29.0. The minimum Gasteiger partial charge on any atom is -0.469 e. The van der Waals surface area contributed by atoms with E-state index in [0.717, 1.165) is 25.3 Å². The van der Waals surface area contributed by atoms with Gasteiger partial charge in [-0.3, -0.25) is 4.79 Å². The lowest BCUT2D eigenvalue weighted by Crippen LogP contribution is -2.57. The van der Waals surface area contributed by atoms with Crippen molar-refractivity contribution < 1.29 is 17.6 Å². The zero-order valence-corrected chi connectivity index (χ0v) is 15.9. The lowest BCUT2D eigenvalue weighted by molar-refractivity contribution is -0.133. The molecule has 144 valence electrons. The van der Waals surface area contributed by atoms with Crippen molar-refractivity contribution in [3.63, 3.8) is 0 Å². The molecule has 0 N–H and O–H groups in total. The molecule has 0 spiro atoms. The van der Waals surface area contributed by atoms with Gasteiger partial charge in [0.05, 0.1) is 6.26 Å². The summed E-state index contributed by atoms with van der Waals surface area (Å²) in [4.78, 5) is 16.6. The van der Waals surface area contributed by atoms with Crippen molar-refractivity contribution >= 4 is 16.1 Å². The Bertz CT molecular complexity index is 735. The van der Waals surface area contributed by atoms with E-state index in [1.165, 1.54) is 4.31 Å². The molecular formula is C17H26N4O4S. The van der Waals surface area contributed by atoms with Crippen LogP contribution in [0.3, 0.4) is 0 Å². The van der Waals surface area contributed by atoms with Gasteiger partial charge in [-0.1, -0.05) is 0 Å². The van der Waals surface area contributed by atoms with E-state index in [9.17, 15) is 13.2 Å². The van der Waals surface area contributed by atoms with Gasteiger partial charge in [-0.15, -0.1) is 0 Å². The lowest BCUT2D eigenvalue weighted by atomic mass is 10.2. The number of carbonyl (C=O) groups excluding carboxylic acids is 1. The number of hydrogen-bond donors (Lipinski definition) is 0. The fourth-order valence-electron chi connectivity index (χ4n) is 3.84. The highest BCUT2D eigenvalue weighted by Crippen LogP contribution is 2.48. The van der Waals surface area contributed by atoms with Crippen LogP contribution in [-0.4, -0.2) is 92.1 Å². The first-order valence-electron chi connectivity index (χ1n) is 9.23. The Hall–Kier alpha value is -1.42. The van der Waals surface area contributed by atoms with Crippen LogP contribution in [0.15, 0.2) is 22.8 Å². The smallest absolute Gasteiger partial charge is 0.282 e. The Labute approximate surface area is 154 Å². The van der Waals surface area contributed by atoms with E-state index >= 15 is 0 Å². The van der Waals surface area contributed by atoms with Crippen LogP contribution in [0, 0.1) is 5.92 Å². The predicted octanol–water partition coefficient (Wildman–Crippen LogP) is 0.0195. The molecule has 0 bridgehead atoms. The number of furan rings is 1. The first kappa shape index (κ1) is 18.0. The third-order valence-corrected chi connectivity index (χ3v) is 7.72. The molecule has 2 aliphatic heterocycles. The number of rotatable bonds is 4. The van der Waals surface area contributed by atoms with Crippen molar-refractivity contribution in [1.82, 2.24) is 18.4 Å². The van der Waals surface area contributed by atoms with Crippen molar-refractivity contribution in [2.75, 3.05) is 59.4 Å². The molecule has 1 aromatic rings. The van der Waals surface area contributed by atoms with E-state index in [0.29, 0.717) is 39.3 Å². The van der Waals surface area contributed by atoms with Gasteiger partial charge in [-0.25, -0.2) is 0 Å².